The van der Waals surface area contributed by atoms with E-state index in [0.29, 0.717) is 6.42 Å². The molecular weight excluding hydrogens is 246 g/mol. The van der Waals surface area contributed by atoms with Crippen molar-refractivity contribution in [3.8, 4) is 0 Å². The predicted molar refractivity (Wildman–Crippen MR) is 69.8 cm³/mol. The third kappa shape index (κ3) is 3.26. The Hall–Kier alpha value is -1.56. The predicted octanol–water partition coefficient (Wildman–Crippen LogP) is 1.39. The lowest BCUT2D eigenvalue weighted by atomic mass is 9.83. The minimum absolute atomic E-state index is 0.149. The van der Waals surface area contributed by atoms with Gasteiger partial charge in [-0.05, 0) is 39.7 Å². The number of nitrogens with one attached hydrogen (secondary N) is 1. The first-order valence-electron chi connectivity index (χ1n) is 6.44. The van der Waals surface area contributed by atoms with Crippen molar-refractivity contribution in [2.24, 2.45) is 0 Å². The molecule has 1 fully saturated rings. The van der Waals surface area contributed by atoms with Gasteiger partial charge in [0.15, 0.2) is 0 Å². The first kappa shape index (κ1) is 13.9. The number of carbonyl (C=O) groups excluding carboxylic acids is 1. The lowest BCUT2D eigenvalue weighted by Gasteiger charge is -2.41. The Labute approximate surface area is 112 Å². The van der Waals surface area contributed by atoms with E-state index in [0.717, 1.165) is 5.56 Å². The minimum Gasteiger partial charge on any atom is -0.444 e. The molecular formula is C13H21N3O3. The van der Waals surface area contributed by atoms with Crippen LogP contribution in [-0.4, -0.2) is 38.7 Å². The first-order valence-corrected chi connectivity index (χ1v) is 6.44. The van der Waals surface area contributed by atoms with Crippen LogP contribution in [0.25, 0.3) is 0 Å². The number of aryl methyl sites for hydroxylation is 1. The Balaban J connectivity index is 1.96. The van der Waals surface area contributed by atoms with Crippen LogP contribution in [0.3, 0.4) is 0 Å². The number of aliphatic hydroxyl groups excluding tert-OH is 1. The second kappa shape index (κ2) is 4.85. The molecule has 0 bridgehead atoms. The van der Waals surface area contributed by atoms with Gasteiger partial charge in [-0.25, -0.2) is 4.79 Å². The number of aromatic nitrogens is 2. The Kier molecular flexibility index (Phi) is 3.54. The van der Waals surface area contributed by atoms with E-state index < -0.39 is 17.8 Å². The van der Waals surface area contributed by atoms with Gasteiger partial charge >= 0.3 is 6.09 Å². The van der Waals surface area contributed by atoms with Gasteiger partial charge in [-0.2, -0.15) is 5.10 Å². The molecule has 1 saturated carbocycles. The van der Waals surface area contributed by atoms with Crippen LogP contribution in [0.4, 0.5) is 4.79 Å². The van der Waals surface area contributed by atoms with Crippen molar-refractivity contribution < 1.29 is 14.6 Å². The van der Waals surface area contributed by atoms with Gasteiger partial charge in [-0.3, -0.25) is 4.68 Å². The number of aliphatic hydroxyl groups is 1. The highest BCUT2D eigenvalue weighted by Crippen LogP contribution is 2.32. The van der Waals surface area contributed by atoms with E-state index in [9.17, 15) is 9.90 Å². The molecule has 1 aromatic rings. The molecule has 2 rings (SSSR count). The van der Waals surface area contributed by atoms with Crippen molar-refractivity contribution in [1.29, 1.82) is 0 Å². The van der Waals surface area contributed by atoms with Crippen LogP contribution in [0, 0.1) is 6.92 Å². The zero-order chi connectivity index (χ0) is 14.2. The Bertz CT molecular complexity index is 464. The summed E-state index contributed by atoms with van der Waals surface area (Å²) in [5.74, 6) is 0. The second-order valence-electron chi connectivity index (χ2n) is 6.04. The Morgan fingerprint density at radius 3 is 2.74 bits per heavy atom. The van der Waals surface area contributed by atoms with E-state index in [2.05, 4.69) is 10.4 Å². The van der Waals surface area contributed by atoms with Crippen LogP contribution < -0.4 is 5.32 Å². The largest absolute Gasteiger partial charge is 0.444 e. The molecule has 0 radical (unpaired) electrons. The minimum atomic E-state index is -0.524. The summed E-state index contributed by atoms with van der Waals surface area (Å²) in [5.41, 5.74) is 0.500. The molecule has 106 valence electrons. The Morgan fingerprint density at radius 2 is 2.26 bits per heavy atom. The lowest BCUT2D eigenvalue weighted by Crippen LogP contribution is -2.56. The Morgan fingerprint density at radius 1 is 1.58 bits per heavy atom. The van der Waals surface area contributed by atoms with E-state index in [1.54, 1.807) is 10.9 Å². The molecule has 2 N–H and O–H groups in total. The summed E-state index contributed by atoms with van der Waals surface area (Å²) in [6.45, 7) is 7.38. The van der Waals surface area contributed by atoms with Crippen molar-refractivity contribution in [2.45, 2.75) is 57.9 Å². The van der Waals surface area contributed by atoms with Crippen LogP contribution in [0.1, 0.15) is 38.8 Å². The summed E-state index contributed by atoms with van der Waals surface area (Å²) >= 11 is 0. The summed E-state index contributed by atoms with van der Waals surface area (Å²) in [6.07, 6.45) is 3.16. The third-order valence-corrected chi connectivity index (χ3v) is 3.04. The van der Waals surface area contributed by atoms with Gasteiger partial charge in [0, 0.05) is 6.20 Å². The van der Waals surface area contributed by atoms with Gasteiger partial charge in [-0.1, -0.05) is 0 Å². The molecule has 0 aromatic carbocycles. The van der Waals surface area contributed by atoms with Crippen molar-refractivity contribution in [2.75, 3.05) is 0 Å². The van der Waals surface area contributed by atoms with Crippen LogP contribution >= 0.6 is 0 Å². The maximum Gasteiger partial charge on any atom is 0.407 e. The molecule has 1 heterocycles. The van der Waals surface area contributed by atoms with E-state index in [-0.39, 0.29) is 12.1 Å². The van der Waals surface area contributed by atoms with E-state index in [1.807, 2.05) is 33.9 Å². The maximum atomic E-state index is 11.7. The first-order chi connectivity index (χ1) is 8.76. The van der Waals surface area contributed by atoms with Crippen molar-refractivity contribution >= 4 is 6.09 Å². The molecule has 1 aliphatic carbocycles. The number of hydrogen-bond donors (Lipinski definition) is 2. The SMILES string of the molecule is Cc1cnn([C@@H]2[C@@H](O)C[C@H]2NC(=O)OC(C)(C)C)c1. The fourth-order valence-electron chi connectivity index (χ4n) is 2.17. The fourth-order valence-corrected chi connectivity index (χ4v) is 2.17. The van der Waals surface area contributed by atoms with Gasteiger partial charge in [-0.15, -0.1) is 0 Å². The molecule has 1 aromatic heterocycles. The van der Waals surface area contributed by atoms with Crippen LogP contribution in [0.15, 0.2) is 12.4 Å². The van der Waals surface area contributed by atoms with Gasteiger partial charge in [0.25, 0.3) is 0 Å². The molecule has 0 spiro atoms. The number of rotatable bonds is 2. The average Bonchev–Trinajstić information content (AvgIpc) is 2.60. The zero-order valence-corrected chi connectivity index (χ0v) is 11.8. The molecule has 0 unspecified atom stereocenters. The van der Waals surface area contributed by atoms with Gasteiger partial charge in [0.05, 0.1) is 24.4 Å². The molecule has 0 aliphatic heterocycles. The molecule has 0 saturated heterocycles. The third-order valence-electron chi connectivity index (χ3n) is 3.04. The fraction of sp³-hybridized carbons (Fsp3) is 0.692. The van der Waals surface area contributed by atoms with Crippen molar-refractivity contribution in [3.05, 3.63) is 18.0 Å². The standard InChI is InChI=1S/C13H21N3O3/c1-8-6-14-16(7-8)11-9(5-10(11)17)15-12(18)19-13(2,3)4/h6-7,9-11,17H,5H2,1-4H3,(H,15,18)/t9-,10+,11+/m1/s1. The maximum absolute atomic E-state index is 11.7. The number of alkyl carbamates (subject to hydrolysis) is 1. The van der Waals surface area contributed by atoms with E-state index >= 15 is 0 Å². The summed E-state index contributed by atoms with van der Waals surface area (Å²) in [5, 5.41) is 16.8. The van der Waals surface area contributed by atoms with Crippen LogP contribution in [0.2, 0.25) is 0 Å². The number of nitrogens with zero attached hydrogens (tertiary/aromatic N) is 2. The number of amides is 1. The van der Waals surface area contributed by atoms with Crippen LogP contribution in [0.5, 0.6) is 0 Å². The lowest BCUT2D eigenvalue weighted by molar-refractivity contribution is -0.0144. The number of carbonyl (C=O) groups is 1. The highest BCUT2D eigenvalue weighted by molar-refractivity contribution is 5.68. The summed E-state index contributed by atoms with van der Waals surface area (Å²) in [7, 11) is 0. The monoisotopic (exact) mass is 267 g/mol. The molecule has 6 heteroatoms. The molecule has 3 atom stereocenters. The van der Waals surface area contributed by atoms with E-state index in [1.165, 1.54) is 0 Å². The summed E-state index contributed by atoms with van der Waals surface area (Å²) in [4.78, 5) is 11.7. The molecule has 1 aliphatic rings. The zero-order valence-electron chi connectivity index (χ0n) is 11.8. The van der Waals surface area contributed by atoms with E-state index in [4.69, 9.17) is 4.74 Å². The van der Waals surface area contributed by atoms with Crippen molar-refractivity contribution in [3.63, 3.8) is 0 Å². The number of hydrogen-bond acceptors (Lipinski definition) is 4. The molecule has 1 amide bonds. The normalized spacial score (nSPS) is 26.7. The average molecular weight is 267 g/mol. The molecule has 19 heavy (non-hydrogen) atoms. The van der Waals surface area contributed by atoms with Crippen molar-refractivity contribution in [1.82, 2.24) is 15.1 Å². The van der Waals surface area contributed by atoms with Gasteiger partial charge in [0.1, 0.15) is 5.60 Å². The topological polar surface area (TPSA) is 76.4 Å². The quantitative estimate of drug-likeness (QED) is 0.849. The van der Waals surface area contributed by atoms with Gasteiger partial charge < -0.3 is 15.2 Å². The van der Waals surface area contributed by atoms with Gasteiger partial charge in [0.2, 0.25) is 0 Å². The number of ether oxygens (including phenoxy) is 1. The highest BCUT2D eigenvalue weighted by atomic mass is 16.6. The summed E-state index contributed by atoms with van der Waals surface area (Å²) < 4.78 is 6.91. The second-order valence-corrected chi connectivity index (χ2v) is 6.04. The summed E-state index contributed by atoms with van der Waals surface area (Å²) in [6, 6.07) is -0.370. The molecule has 6 nitrogen and oxygen atoms in total. The van der Waals surface area contributed by atoms with Crippen LogP contribution in [-0.2, 0) is 4.74 Å². The smallest absolute Gasteiger partial charge is 0.407 e. The highest BCUT2D eigenvalue weighted by Gasteiger charge is 2.43.